The van der Waals surface area contributed by atoms with Gasteiger partial charge in [0.05, 0.1) is 16.6 Å². The molecule has 0 aromatic heterocycles. The third-order valence-corrected chi connectivity index (χ3v) is 7.33. The van der Waals surface area contributed by atoms with Crippen LogP contribution in [-0.4, -0.2) is 14.3 Å². The van der Waals surface area contributed by atoms with Crippen molar-refractivity contribution in [3.8, 4) is 0 Å². The van der Waals surface area contributed by atoms with Crippen LogP contribution in [0, 0.1) is 20.8 Å². The van der Waals surface area contributed by atoms with Gasteiger partial charge in [-0.3, -0.25) is 9.52 Å². The van der Waals surface area contributed by atoms with Crippen LogP contribution in [0.2, 0.25) is 0 Å². The van der Waals surface area contributed by atoms with Crippen molar-refractivity contribution in [1.29, 1.82) is 0 Å². The Labute approximate surface area is 190 Å². The van der Waals surface area contributed by atoms with Gasteiger partial charge < -0.3 is 5.32 Å². The molecule has 0 aliphatic rings. The average molecular weight is 451 g/mol. The summed E-state index contributed by atoms with van der Waals surface area (Å²) in [5.41, 5.74) is 5.49. The maximum absolute atomic E-state index is 13.1. The molecule has 0 saturated carbocycles. The molecule has 0 spiro atoms. The Balaban J connectivity index is 1.83. The van der Waals surface area contributed by atoms with Crippen molar-refractivity contribution < 1.29 is 13.2 Å². The van der Waals surface area contributed by atoms with E-state index in [1.165, 1.54) is 11.6 Å². The second-order valence-corrected chi connectivity index (χ2v) is 9.77. The van der Waals surface area contributed by atoms with E-state index in [-0.39, 0.29) is 16.8 Å². The predicted molar refractivity (Wildman–Crippen MR) is 130 cm³/mol. The molecule has 3 aromatic rings. The summed E-state index contributed by atoms with van der Waals surface area (Å²) in [6.45, 7) is 9.53. The van der Waals surface area contributed by atoms with Crippen LogP contribution in [0.15, 0.2) is 65.6 Å². The van der Waals surface area contributed by atoms with Crippen LogP contribution in [0.25, 0.3) is 0 Å². The number of hydrogen-bond donors (Lipinski definition) is 2. The first-order chi connectivity index (χ1) is 15.1. The smallest absolute Gasteiger partial charge is 0.262 e. The van der Waals surface area contributed by atoms with Gasteiger partial charge in [-0.2, -0.15) is 0 Å². The number of hydrogen-bond acceptors (Lipinski definition) is 3. The molecule has 1 unspecified atom stereocenters. The summed E-state index contributed by atoms with van der Waals surface area (Å²) < 4.78 is 28.9. The Hall–Kier alpha value is -3.12. The minimum absolute atomic E-state index is 0.0889. The monoisotopic (exact) mass is 450 g/mol. The van der Waals surface area contributed by atoms with Crippen LogP contribution in [0.5, 0.6) is 0 Å². The van der Waals surface area contributed by atoms with Gasteiger partial charge in [-0.25, -0.2) is 8.42 Å². The number of aryl methyl sites for hydroxylation is 3. The molecule has 3 rings (SSSR count). The van der Waals surface area contributed by atoms with Crippen molar-refractivity contribution in [3.05, 3.63) is 94.0 Å². The summed E-state index contributed by atoms with van der Waals surface area (Å²) in [4.78, 5) is 13.0. The van der Waals surface area contributed by atoms with Crippen LogP contribution in [0.3, 0.4) is 0 Å². The van der Waals surface area contributed by atoms with Gasteiger partial charge >= 0.3 is 0 Å². The van der Waals surface area contributed by atoms with Gasteiger partial charge in [0.15, 0.2) is 0 Å². The average Bonchev–Trinajstić information content (AvgIpc) is 2.77. The zero-order chi connectivity index (χ0) is 23.5. The fourth-order valence-electron chi connectivity index (χ4n) is 3.50. The topological polar surface area (TPSA) is 75.3 Å². The molecule has 0 radical (unpaired) electrons. The largest absolute Gasteiger partial charge is 0.346 e. The number of amides is 1. The number of sulfonamides is 1. The number of nitrogens with one attached hydrogen (secondary N) is 2. The summed E-state index contributed by atoms with van der Waals surface area (Å²) in [5, 5.41) is 2.96. The van der Waals surface area contributed by atoms with Gasteiger partial charge in [0.25, 0.3) is 15.9 Å². The SMILES string of the molecule is CCc1ccc(C(C)NC(=O)c2ccc(C)c(S(=O)(=O)Nc3cccc(C)c3C)c2)cc1. The fourth-order valence-corrected chi connectivity index (χ4v) is 4.89. The number of carbonyl (C=O) groups is 1. The molecule has 1 amide bonds. The third-order valence-electron chi connectivity index (χ3n) is 5.82. The second kappa shape index (κ2) is 9.57. The maximum atomic E-state index is 13.1. The summed E-state index contributed by atoms with van der Waals surface area (Å²) in [6.07, 6.45) is 0.956. The normalized spacial score (nSPS) is 12.3. The molecule has 1 atom stereocenters. The highest BCUT2D eigenvalue weighted by Crippen LogP contribution is 2.25. The first-order valence-corrected chi connectivity index (χ1v) is 12.2. The Morgan fingerprint density at radius 3 is 2.28 bits per heavy atom. The first-order valence-electron chi connectivity index (χ1n) is 10.7. The molecule has 6 heteroatoms. The lowest BCUT2D eigenvalue weighted by molar-refractivity contribution is 0.0939. The zero-order valence-corrected chi connectivity index (χ0v) is 20.0. The van der Waals surface area contributed by atoms with Gasteiger partial charge in [-0.15, -0.1) is 0 Å². The highest BCUT2D eigenvalue weighted by atomic mass is 32.2. The summed E-state index contributed by atoms with van der Waals surface area (Å²) in [7, 11) is -3.86. The minimum Gasteiger partial charge on any atom is -0.346 e. The van der Waals surface area contributed by atoms with Crippen molar-refractivity contribution in [2.45, 2.75) is 52.0 Å². The fraction of sp³-hybridized carbons (Fsp3) is 0.269. The maximum Gasteiger partial charge on any atom is 0.262 e. The van der Waals surface area contributed by atoms with Crippen LogP contribution < -0.4 is 10.0 Å². The number of benzene rings is 3. The quantitative estimate of drug-likeness (QED) is 0.501. The van der Waals surface area contributed by atoms with Crippen LogP contribution in [0.4, 0.5) is 5.69 Å². The number of anilines is 1. The van der Waals surface area contributed by atoms with Crippen molar-refractivity contribution in [2.75, 3.05) is 4.72 Å². The van der Waals surface area contributed by atoms with E-state index in [0.29, 0.717) is 16.8 Å². The van der Waals surface area contributed by atoms with E-state index in [0.717, 1.165) is 23.1 Å². The second-order valence-electron chi connectivity index (χ2n) is 8.12. The van der Waals surface area contributed by atoms with Crippen molar-refractivity contribution in [2.24, 2.45) is 0 Å². The zero-order valence-electron chi connectivity index (χ0n) is 19.2. The molecule has 168 valence electrons. The molecular formula is C26H30N2O3S. The molecule has 0 saturated heterocycles. The molecule has 2 N–H and O–H groups in total. The van der Waals surface area contributed by atoms with E-state index in [9.17, 15) is 13.2 Å². The van der Waals surface area contributed by atoms with Gasteiger partial charge in [-0.1, -0.05) is 49.4 Å². The molecule has 0 aliphatic carbocycles. The molecule has 5 nitrogen and oxygen atoms in total. The van der Waals surface area contributed by atoms with E-state index >= 15 is 0 Å². The predicted octanol–water partition coefficient (Wildman–Crippen LogP) is 5.47. The summed E-state index contributed by atoms with van der Waals surface area (Å²) in [5.74, 6) is -0.319. The number of carbonyl (C=O) groups excluding carboxylic acids is 1. The van der Waals surface area contributed by atoms with Gasteiger partial charge in [0.2, 0.25) is 0 Å². The van der Waals surface area contributed by atoms with Gasteiger partial charge in [0, 0.05) is 5.56 Å². The Kier molecular flexibility index (Phi) is 7.04. The first kappa shape index (κ1) is 23.5. The Morgan fingerprint density at radius 2 is 1.62 bits per heavy atom. The lowest BCUT2D eigenvalue weighted by atomic mass is 10.0. The van der Waals surface area contributed by atoms with Crippen LogP contribution >= 0.6 is 0 Å². The summed E-state index contributed by atoms with van der Waals surface area (Å²) >= 11 is 0. The van der Waals surface area contributed by atoms with Crippen molar-refractivity contribution in [3.63, 3.8) is 0 Å². The molecular weight excluding hydrogens is 420 g/mol. The molecule has 0 bridgehead atoms. The highest BCUT2D eigenvalue weighted by Gasteiger charge is 2.21. The van der Waals surface area contributed by atoms with Crippen molar-refractivity contribution >= 4 is 21.6 Å². The van der Waals surface area contributed by atoms with Gasteiger partial charge in [0.1, 0.15) is 0 Å². The third kappa shape index (κ3) is 5.19. The Morgan fingerprint density at radius 1 is 0.938 bits per heavy atom. The van der Waals surface area contributed by atoms with Crippen LogP contribution in [-0.2, 0) is 16.4 Å². The number of rotatable bonds is 7. The minimum atomic E-state index is -3.86. The summed E-state index contributed by atoms with van der Waals surface area (Å²) in [6, 6.07) is 18.1. The van der Waals surface area contributed by atoms with E-state index in [2.05, 4.69) is 17.0 Å². The molecule has 3 aromatic carbocycles. The molecule has 0 aliphatic heterocycles. The van der Waals surface area contributed by atoms with E-state index in [1.807, 2.05) is 57.2 Å². The highest BCUT2D eigenvalue weighted by molar-refractivity contribution is 7.92. The van der Waals surface area contributed by atoms with E-state index in [1.54, 1.807) is 25.1 Å². The van der Waals surface area contributed by atoms with Crippen LogP contribution in [0.1, 0.15) is 58.1 Å². The standard InChI is InChI=1S/C26H30N2O3S/c1-6-21-11-14-22(15-12-21)20(5)27-26(29)23-13-10-18(3)25(16-23)32(30,31)28-24-9-7-8-17(2)19(24)4/h7-16,20,28H,6H2,1-5H3,(H,27,29). The molecule has 32 heavy (non-hydrogen) atoms. The molecule has 0 fully saturated rings. The lowest BCUT2D eigenvalue weighted by Crippen LogP contribution is -2.27. The van der Waals surface area contributed by atoms with E-state index in [4.69, 9.17) is 0 Å². The van der Waals surface area contributed by atoms with Crippen molar-refractivity contribution in [1.82, 2.24) is 5.32 Å². The van der Waals surface area contributed by atoms with Gasteiger partial charge in [-0.05, 0) is 80.1 Å². The van der Waals surface area contributed by atoms with E-state index < -0.39 is 10.0 Å². The lowest BCUT2D eigenvalue weighted by Gasteiger charge is -2.17. The Bertz CT molecular complexity index is 1230. The molecule has 0 heterocycles.